The fourth-order valence-corrected chi connectivity index (χ4v) is 3.76. The van der Waals surface area contributed by atoms with E-state index in [1.165, 1.54) is 17.7 Å². The molecule has 1 N–H and O–H groups in total. The minimum Gasteiger partial charge on any atom is -0.411 e. The van der Waals surface area contributed by atoms with Crippen LogP contribution < -0.4 is 0 Å². The summed E-state index contributed by atoms with van der Waals surface area (Å²) < 4.78 is 13.5. The van der Waals surface area contributed by atoms with Gasteiger partial charge in [0, 0.05) is 18.7 Å². The topological polar surface area (TPSA) is 35.8 Å². The quantitative estimate of drug-likeness (QED) is 0.367. The van der Waals surface area contributed by atoms with Crippen LogP contribution in [-0.4, -0.2) is 28.9 Å². The van der Waals surface area contributed by atoms with Gasteiger partial charge in [-0.15, -0.1) is 0 Å². The van der Waals surface area contributed by atoms with Crippen LogP contribution in [0, 0.1) is 11.2 Å². The first-order chi connectivity index (χ1) is 14.4. The number of benzene rings is 2. The van der Waals surface area contributed by atoms with Crippen LogP contribution in [0.15, 0.2) is 77.5 Å². The molecule has 1 aliphatic heterocycles. The van der Waals surface area contributed by atoms with Crippen molar-refractivity contribution in [1.29, 1.82) is 0 Å². The summed E-state index contributed by atoms with van der Waals surface area (Å²) in [6, 6.07) is 17.0. The van der Waals surface area contributed by atoms with Gasteiger partial charge in [-0.2, -0.15) is 0 Å². The van der Waals surface area contributed by atoms with Crippen molar-refractivity contribution in [2.75, 3.05) is 13.1 Å². The highest BCUT2D eigenvalue weighted by atomic mass is 19.1. The molecule has 3 nitrogen and oxygen atoms in total. The highest BCUT2D eigenvalue weighted by molar-refractivity contribution is 6.11. The maximum Gasteiger partial charge on any atom is 0.123 e. The lowest BCUT2D eigenvalue weighted by molar-refractivity contribution is 0.227. The standard InChI is InChI=1S/C26H31FN2O/c1-20(28-30)24-14-17-29(19-21-7-5-4-6-8-21)18-16-26(2,3)15-13-25(24)22-9-11-23(27)12-10-22/h4-14,30H,15-19H2,1-3H3/b24-14-,25-13?,28-20+. The summed E-state index contributed by atoms with van der Waals surface area (Å²) in [6.07, 6.45) is 6.30. The number of oxime groups is 1. The van der Waals surface area contributed by atoms with Gasteiger partial charge >= 0.3 is 0 Å². The molecule has 158 valence electrons. The van der Waals surface area contributed by atoms with Gasteiger partial charge < -0.3 is 5.21 Å². The van der Waals surface area contributed by atoms with Crippen LogP contribution in [-0.2, 0) is 6.54 Å². The fourth-order valence-electron chi connectivity index (χ4n) is 3.76. The van der Waals surface area contributed by atoms with E-state index < -0.39 is 0 Å². The largest absolute Gasteiger partial charge is 0.411 e. The third-order valence-electron chi connectivity index (χ3n) is 5.75. The Hall–Kier alpha value is -2.72. The van der Waals surface area contributed by atoms with Crippen molar-refractivity contribution in [1.82, 2.24) is 4.90 Å². The molecule has 0 radical (unpaired) electrons. The molecule has 0 fully saturated rings. The van der Waals surface area contributed by atoms with Crippen LogP contribution in [0.1, 0.15) is 44.7 Å². The zero-order chi connectivity index (χ0) is 21.6. The fraction of sp³-hybridized carbons (Fsp3) is 0.346. The molecule has 30 heavy (non-hydrogen) atoms. The predicted molar refractivity (Wildman–Crippen MR) is 122 cm³/mol. The maximum absolute atomic E-state index is 13.5. The first-order valence-electron chi connectivity index (χ1n) is 10.5. The molecule has 1 heterocycles. The van der Waals surface area contributed by atoms with Crippen molar-refractivity contribution < 1.29 is 9.60 Å². The lowest BCUT2D eigenvalue weighted by Crippen LogP contribution is -2.29. The Morgan fingerprint density at radius 2 is 1.77 bits per heavy atom. The zero-order valence-electron chi connectivity index (χ0n) is 18.1. The smallest absolute Gasteiger partial charge is 0.123 e. The number of hydrogen-bond donors (Lipinski definition) is 1. The summed E-state index contributed by atoms with van der Waals surface area (Å²) in [6.45, 7) is 8.97. The third-order valence-corrected chi connectivity index (χ3v) is 5.75. The van der Waals surface area contributed by atoms with Crippen molar-refractivity contribution in [3.8, 4) is 0 Å². The van der Waals surface area contributed by atoms with Crippen LogP contribution in [0.4, 0.5) is 4.39 Å². The molecular weight excluding hydrogens is 375 g/mol. The summed E-state index contributed by atoms with van der Waals surface area (Å²) in [4.78, 5) is 2.43. The average molecular weight is 407 g/mol. The van der Waals surface area contributed by atoms with Gasteiger partial charge in [0.25, 0.3) is 0 Å². The highest BCUT2D eigenvalue weighted by Crippen LogP contribution is 2.33. The zero-order valence-corrected chi connectivity index (χ0v) is 18.1. The number of rotatable bonds is 4. The molecule has 0 amide bonds. The van der Waals surface area contributed by atoms with Gasteiger partial charge in [0.2, 0.25) is 0 Å². The molecule has 0 bridgehead atoms. The molecule has 0 aliphatic carbocycles. The Morgan fingerprint density at radius 3 is 2.43 bits per heavy atom. The van der Waals surface area contributed by atoms with E-state index in [2.05, 4.69) is 60.3 Å². The Bertz CT molecular complexity index is 927. The lowest BCUT2D eigenvalue weighted by atomic mass is 9.82. The summed E-state index contributed by atoms with van der Waals surface area (Å²) in [5.74, 6) is -0.258. The number of allylic oxidation sites excluding steroid dienone is 3. The summed E-state index contributed by atoms with van der Waals surface area (Å²) >= 11 is 0. The van der Waals surface area contributed by atoms with Crippen LogP contribution in [0.3, 0.4) is 0 Å². The van der Waals surface area contributed by atoms with E-state index >= 15 is 0 Å². The number of hydrogen-bond acceptors (Lipinski definition) is 3. The minimum atomic E-state index is -0.258. The second-order valence-electron chi connectivity index (χ2n) is 8.77. The van der Waals surface area contributed by atoms with Crippen LogP contribution in [0.5, 0.6) is 0 Å². The van der Waals surface area contributed by atoms with Crippen molar-refractivity contribution in [3.63, 3.8) is 0 Å². The third kappa shape index (κ3) is 5.90. The Labute approximate surface area is 179 Å². The molecule has 1 aliphatic rings. The molecule has 4 heteroatoms. The molecule has 2 aromatic rings. The second kappa shape index (κ2) is 9.86. The molecule has 2 aromatic carbocycles. The van der Waals surface area contributed by atoms with Crippen molar-refractivity contribution in [3.05, 3.63) is 89.3 Å². The first-order valence-corrected chi connectivity index (χ1v) is 10.5. The lowest BCUT2D eigenvalue weighted by Gasteiger charge is -2.30. The van der Waals surface area contributed by atoms with E-state index in [9.17, 15) is 9.60 Å². The molecule has 0 aromatic heterocycles. The van der Waals surface area contributed by atoms with Gasteiger partial charge in [0.15, 0.2) is 0 Å². The summed E-state index contributed by atoms with van der Waals surface area (Å²) in [5, 5.41) is 13.0. The Morgan fingerprint density at radius 1 is 1.07 bits per heavy atom. The van der Waals surface area contributed by atoms with Crippen LogP contribution in [0.2, 0.25) is 0 Å². The minimum absolute atomic E-state index is 0.118. The van der Waals surface area contributed by atoms with E-state index in [0.717, 1.165) is 49.2 Å². The summed E-state index contributed by atoms with van der Waals surface area (Å²) in [7, 11) is 0. The van der Waals surface area contributed by atoms with Crippen molar-refractivity contribution >= 4 is 11.3 Å². The van der Waals surface area contributed by atoms with E-state index in [0.29, 0.717) is 5.71 Å². The highest BCUT2D eigenvalue weighted by Gasteiger charge is 2.22. The molecule has 0 saturated heterocycles. The SMILES string of the molecule is CC(=N\O)/C1=C/CN(Cc2ccccc2)CCC(C)(C)CC=C1c1ccc(F)cc1. The molecule has 0 unspecified atom stereocenters. The average Bonchev–Trinajstić information content (AvgIpc) is 2.74. The maximum atomic E-state index is 13.5. The first kappa shape index (κ1) is 22.0. The van der Waals surface area contributed by atoms with Gasteiger partial charge in [0.05, 0.1) is 5.71 Å². The van der Waals surface area contributed by atoms with E-state index in [4.69, 9.17) is 0 Å². The Balaban J connectivity index is 2.01. The molecule has 0 spiro atoms. The van der Waals surface area contributed by atoms with E-state index in [1.807, 2.05) is 13.0 Å². The van der Waals surface area contributed by atoms with Gasteiger partial charge in [0.1, 0.15) is 5.82 Å². The predicted octanol–water partition coefficient (Wildman–Crippen LogP) is 6.31. The van der Waals surface area contributed by atoms with Crippen LogP contribution in [0.25, 0.3) is 5.57 Å². The second-order valence-corrected chi connectivity index (χ2v) is 8.77. The summed E-state index contributed by atoms with van der Waals surface area (Å²) in [5.41, 5.74) is 4.76. The van der Waals surface area contributed by atoms with Gasteiger partial charge in [-0.25, -0.2) is 4.39 Å². The molecule has 0 atom stereocenters. The van der Waals surface area contributed by atoms with Crippen LogP contribution >= 0.6 is 0 Å². The van der Waals surface area contributed by atoms with E-state index in [1.54, 1.807) is 12.1 Å². The molecular formula is C26H31FN2O. The van der Waals surface area contributed by atoms with Crippen molar-refractivity contribution in [2.24, 2.45) is 10.6 Å². The number of nitrogens with zero attached hydrogens (tertiary/aromatic N) is 2. The van der Waals surface area contributed by atoms with Crippen molar-refractivity contribution in [2.45, 2.75) is 40.2 Å². The monoisotopic (exact) mass is 406 g/mol. The van der Waals surface area contributed by atoms with E-state index in [-0.39, 0.29) is 11.2 Å². The molecule has 3 rings (SSSR count). The normalized spacial score (nSPS) is 20.2. The van der Waals surface area contributed by atoms with Gasteiger partial charge in [-0.05, 0) is 60.6 Å². The molecule has 0 saturated carbocycles. The van der Waals surface area contributed by atoms with Gasteiger partial charge in [-0.3, -0.25) is 4.90 Å². The number of halogens is 1. The Kier molecular flexibility index (Phi) is 7.22. The van der Waals surface area contributed by atoms with Gasteiger partial charge in [-0.1, -0.05) is 73.6 Å².